The van der Waals surface area contributed by atoms with Crippen LogP contribution in [0, 0.1) is 5.41 Å². The van der Waals surface area contributed by atoms with E-state index in [1.54, 1.807) is 7.05 Å². The minimum absolute atomic E-state index is 0.0802. The van der Waals surface area contributed by atoms with Crippen molar-refractivity contribution in [2.24, 2.45) is 5.41 Å². The molecule has 92 valence electrons. The summed E-state index contributed by atoms with van der Waals surface area (Å²) in [5.74, 6) is -0.367. The van der Waals surface area contributed by atoms with E-state index in [4.69, 9.17) is 5.11 Å². The van der Waals surface area contributed by atoms with Crippen molar-refractivity contribution < 1.29 is 18.3 Å². The number of likely N-dealkylation sites (tertiary alicyclic amines) is 1. The summed E-state index contributed by atoms with van der Waals surface area (Å²) in [5.41, 5.74) is -0.0802. The molecule has 2 aliphatic rings. The van der Waals surface area contributed by atoms with Gasteiger partial charge in [0, 0.05) is 6.54 Å². The van der Waals surface area contributed by atoms with Crippen molar-refractivity contribution in [1.29, 1.82) is 0 Å². The summed E-state index contributed by atoms with van der Waals surface area (Å²) in [7, 11) is -1.07. The Bertz CT molecular complexity index is 389. The van der Waals surface area contributed by atoms with Crippen molar-refractivity contribution in [3.05, 3.63) is 0 Å². The second kappa shape index (κ2) is 3.70. The first kappa shape index (κ1) is 11.9. The second-order valence-corrected chi connectivity index (χ2v) is 7.43. The molecule has 5 nitrogen and oxygen atoms in total. The predicted molar refractivity (Wildman–Crippen MR) is 59.0 cm³/mol. The van der Waals surface area contributed by atoms with Gasteiger partial charge in [-0.3, -0.25) is 9.69 Å². The van der Waals surface area contributed by atoms with Crippen LogP contribution in [-0.2, 0) is 14.6 Å². The summed E-state index contributed by atoms with van der Waals surface area (Å²) in [4.78, 5) is 12.8. The van der Waals surface area contributed by atoms with Crippen LogP contribution >= 0.6 is 0 Å². The molecule has 2 rings (SSSR count). The molecule has 16 heavy (non-hydrogen) atoms. The van der Waals surface area contributed by atoms with Gasteiger partial charge in [0.2, 0.25) is 0 Å². The monoisotopic (exact) mass is 247 g/mol. The van der Waals surface area contributed by atoms with Crippen LogP contribution < -0.4 is 0 Å². The zero-order valence-corrected chi connectivity index (χ0v) is 10.2. The third-order valence-corrected chi connectivity index (χ3v) is 5.57. The quantitative estimate of drug-likeness (QED) is 0.704. The molecular weight excluding hydrogens is 230 g/mol. The average Bonchev–Trinajstić information content (AvgIpc) is 2.50. The highest BCUT2D eigenvalue weighted by atomic mass is 32.2. The number of carbonyl (C=O) groups is 1. The number of sulfone groups is 1. The van der Waals surface area contributed by atoms with Crippen molar-refractivity contribution in [3.63, 3.8) is 0 Å². The Hall–Kier alpha value is -0.620. The van der Waals surface area contributed by atoms with Gasteiger partial charge in [-0.25, -0.2) is 8.42 Å². The van der Waals surface area contributed by atoms with Crippen LogP contribution in [0.1, 0.15) is 19.3 Å². The molecule has 0 bridgehead atoms. The van der Waals surface area contributed by atoms with Gasteiger partial charge in [0.25, 0.3) is 0 Å². The van der Waals surface area contributed by atoms with Crippen molar-refractivity contribution >= 4 is 15.8 Å². The molecular formula is C10H17NO4S. The number of hydrogen-bond acceptors (Lipinski definition) is 4. The molecule has 1 N–H and O–H groups in total. The average molecular weight is 247 g/mol. The van der Waals surface area contributed by atoms with Crippen LogP contribution in [0.4, 0.5) is 0 Å². The second-order valence-electron chi connectivity index (χ2n) is 5.13. The zero-order valence-electron chi connectivity index (χ0n) is 9.35. The molecule has 0 saturated carbocycles. The summed E-state index contributed by atoms with van der Waals surface area (Å²) in [6.45, 7) is 0.708. The van der Waals surface area contributed by atoms with Gasteiger partial charge in [-0.2, -0.15) is 0 Å². The Labute approximate surface area is 95.4 Å². The van der Waals surface area contributed by atoms with E-state index in [2.05, 4.69) is 0 Å². The van der Waals surface area contributed by atoms with E-state index in [0.717, 1.165) is 0 Å². The Morgan fingerprint density at radius 2 is 1.94 bits per heavy atom. The molecule has 2 saturated heterocycles. The molecule has 0 aliphatic carbocycles. The molecule has 2 heterocycles. The SMILES string of the molecule is CN1CC2(CCS(=O)(=O)CC2)CC1C(=O)O. The van der Waals surface area contributed by atoms with Gasteiger partial charge in [-0.1, -0.05) is 0 Å². The molecule has 6 heteroatoms. The first-order chi connectivity index (χ1) is 7.34. The smallest absolute Gasteiger partial charge is 0.320 e. The minimum atomic E-state index is -2.87. The van der Waals surface area contributed by atoms with E-state index < -0.39 is 21.8 Å². The first-order valence-electron chi connectivity index (χ1n) is 5.47. The highest BCUT2D eigenvalue weighted by molar-refractivity contribution is 7.91. The number of carboxylic acids is 1. The summed E-state index contributed by atoms with van der Waals surface area (Å²) < 4.78 is 22.7. The topological polar surface area (TPSA) is 74.7 Å². The zero-order chi connectivity index (χ0) is 12.0. The molecule has 1 atom stereocenters. The normalized spacial score (nSPS) is 32.9. The first-order valence-corrected chi connectivity index (χ1v) is 7.29. The summed E-state index contributed by atoms with van der Waals surface area (Å²) in [6.07, 6.45) is 1.82. The third kappa shape index (κ3) is 2.08. The van der Waals surface area contributed by atoms with E-state index in [-0.39, 0.29) is 16.9 Å². The van der Waals surface area contributed by atoms with Crippen LogP contribution in [0.15, 0.2) is 0 Å². The number of rotatable bonds is 1. The van der Waals surface area contributed by atoms with Crippen LogP contribution in [-0.4, -0.2) is 55.5 Å². The Balaban J connectivity index is 2.10. The number of aliphatic carboxylic acids is 1. The number of nitrogens with zero attached hydrogens (tertiary/aromatic N) is 1. The van der Waals surface area contributed by atoms with Gasteiger partial charge in [0.05, 0.1) is 11.5 Å². The molecule has 2 aliphatic heterocycles. The van der Waals surface area contributed by atoms with Crippen LogP contribution in [0.3, 0.4) is 0 Å². The molecule has 1 spiro atoms. The predicted octanol–water partition coefficient (Wildman–Crippen LogP) is -0.0299. The van der Waals surface area contributed by atoms with E-state index in [9.17, 15) is 13.2 Å². The number of carboxylic acid groups (broad SMARTS) is 1. The Morgan fingerprint density at radius 1 is 1.38 bits per heavy atom. The minimum Gasteiger partial charge on any atom is -0.480 e. The van der Waals surface area contributed by atoms with Crippen LogP contribution in [0.5, 0.6) is 0 Å². The van der Waals surface area contributed by atoms with Gasteiger partial charge in [0.1, 0.15) is 15.9 Å². The standard InChI is InChI=1S/C10H17NO4S/c1-11-7-10(6-8(11)9(12)13)2-4-16(14,15)5-3-10/h8H,2-7H2,1H3,(H,12,13). The lowest BCUT2D eigenvalue weighted by Crippen LogP contribution is -2.35. The van der Waals surface area contributed by atoms with Gasteiger partial charge in [-0.15, -0.1) is 0 Å². The highest BCUT2D eigenvalue weighted by Crippen LogP contribution is 2.43. The Kier molecular flexibility index (Phi) is 2.74. The summed E-state index contributed by atoms with van der Waals surface area (Å²) >= 11 is 0. The van der Waals surface area contributed by atoms with E-state index in [1.807, 2.05) is 4.90 Å². The fourth-order valence-electron chi connectivity index (χ4n) is 2.88. The van der Waals surface area contributed by atoms with Gasteiger partial charge in [0.15, 0.2) is 0 Å². The molecule has 0 aromatic carbocycles. The highest BCUT2D eigenvalue weighted by Gasteiger charge is 2.47. The summed E-state index contributed by atoms with van der Waals surface area (Å²) in [5, 5.41) is 9.04. The molecule has 0 radical (unpaired) electrons. The fourth-order valence-corrected chi connectivity index (χ4v) is 4.57. The third-order valence-electron chi connectivity index (χ3n) is 3.92. The molecule has 0 aromatic rings. The van der Waals surface area contributed by atoms with Gasteiger partial charge >= 0.3 is 5.97 Å². The van der Waals surface area contributed by atoms with E-state index in [1.165, 1.54) is 0 Å². The van der Waals surface area contributed by atoms with Crippen molar-refractivity contribution in [2.75, 3.05) is 25.1 Å². The lowest BCUT2D eigenvalue weighted by Gasteiger charge is -2.32. The van der Waals surface area contributed by atoms with Gasteiger partial charge < -0.3 is 5.11 Å². The number of hydrogen-bond donors (Lipinski definition) is 1. The van der Waals surface area contributed by atoms with E-state index in [0.29, 0.717) is 25.8 Å². The molecule has 0 aromatic heterocycles. The largest absolute Gasteiger partial charge is 0.480 e. The van der Waals surface area contributed by atoms with Crippen LogP contribution in [0.25, 0.3) is 0 Å². The lowest BCUT2D eigenvalue weighted by atomic mass is 9.80. The molecule has 2 fully saturated rings. The van der Waals surface area contributed by atoms with Crippen molar-refractivity contribution in [3.8, 4) is 0 Å². The Morgan fingerprint density at radius 3 is 2.38 bits per heavy atom. The fraction of sp³-hybridized carbons (Fsp3) is 0.900. The lowest BCUT2D eigenvalue weighted by molar-refractivity contribution is -0.141. The molecule has 1 unspecified atom stereocenters. The van der Waals surface area contributed by atoms with Crippen LogP contribution in [0.2, 0.25) is 0 Å². The maximum Gasteiger partial charge on any atom is 0.320 e. The molecule has 0 amide bonds. The van der Waals surface area contributed by atoms with E-state index >= 15 is 0 Å². The maximum absolute atomic E-state index is 11.4. The summed E-state index contributed by atoms with van der Waals surface area (Å²) in [6, 6.07) is -0.444. The number of likely N-dealkylation sites (N-methyl/N-ethyl adjacent to an activating group) is 1. The van der Waals surface area contributed by atoms with Gasteiger partial charge in [-0.05, 0) is 31.7 Å². The van der Waals surface area contributed by atoms with Crippen molar-refractivity contribution in [1.82, 2.24) is 4.90 Å². The van der Waals surface area contributed by atoms with Crippen molar-refractivity contribution in [2.45, 2.75) is 25.3 Å². The maximum atomic E-state index is 11.4.